The Kier molecular flexibility index (Phi) is 7.40. The summed E-state index contributed by atoms with van der Waals surface area (Å²) in [5.41, 5.74) is 1.32. The van der Waals surface area contributed by atoms with Crippen LogP contribution in [0.2, 0.25) is 0 Å². The van der Waals surface area contributed by atoms with Crippen molar-refractivity contribution in [2.75, 3.05) is 18.4 Å². The zero-order valence-electron chi connectivity index (χ0n) is 18.6. The van der Waals surface area contributed by atoms with E-state index < -0.39 is 16.1 Å². The molecule has 0 aromatic heterocycles. The minimum Gasteiger partial charge on any atom is -0.340 e. The number of sulfonamides is 1. The van der Waals surface area contributed by atoms with E-state index in [4.69, 9.17) is 0 Å². The maximum absolute atomic E-state index is 13.1. The van der Waals surface area contributed by atoms with Gasteiger partial charge in [-0.1, -0.05) is 66.7 Å². The summed E-state index contributed by atoms with van der Waals surface area (Å²) in [7, 11) is -3.59. The molecular formula is C26H27N3O4S. The summed E-state index contributed by atoms with van der Waals surface area (Å²) in [6, 6.07) is 25.6. The van der Waals surface area contributed by atoms with Crippen LogP contribution in [0.15, 0.2) is 95.9 Å². The number of carbonyl (C=O) groups is 2. The first-order chi connectivity index (χ1) is 16.4. The van der Waals surface area contributed by atoms with Crippen LogP contribution >= 0.6 is 0 Å². The van der Waals surface area contributed by atoms with Gasteiger partial charge in [-0.05, 0) is 42.7 Å². The average molecular weight is 478 g/mol. The highest BCUT2D eigenvalue weighted by atomic mass is 32.2. The minimum absolute atomic E-state index is 0.250. The predicted molar refractivity (Wildman–Crippen MR) is 130 cm³/mol. The summed E-state index contributed by atoms with van der Waals surface area (Å²) in [6.45, 7) is 0.503. The van der Waals surface area contributed by atoms with Gasteiger partial charge in [0.15, 0.2) is 0 Å². The molecule has 34 heavy (non-hydrogen) atoms. The first kappa shape index (κ1) is 23.7. The zero-order chi connectivity index (χ0) is 24.0. The molecule has 3 aromatic rings. The molecule has 0 aliphatic carbocycles. The van der Waals surface area contributed by atoms with E-state index in [1.807, 2.05) is 36.4 Å². The Hall–Kier alpha value is -3.49. The second-order valence-electron chi connectivity index (χ2n) is 8.20. The molecule has 0 bridgehead atoms. The van der Waals surface area contributed by atoms with Crippen LogP contribution in [0.4, 0.5) is 5.69 Å². The molecule has 0 spiro atoms. The summed E-state index contributed by atoms with van der Waals surface area (Å²) >= 11 is 0. The molecule has 1 unspecified atom stereocenters. The number of piperidine rings is 1. The molecule has 3 aromatic carbocycles. The quantitative estimate of drug-likeness (QED) is 0.544. The van der Waals surface area contributed by atoms with Gasteiger partial charge in [-0.2, -0.15) is 4.31 Å². The first-order valence-corrected chi connectivity index (χ1v) is 12.7. The van der Waals surface area contributed by atoms with Crippen molar-refractivity contribution in [3.05, 3.63) is 96.6 Å². The normalized spacial score (nSPS) is 15.9. The standard InChI is InChI=1S/C26H27N3O4S/c30-25(21-16-18-29(19-17-21)34(32,33)23-14-8-3-9-15-23)28-24(20-10-4-1-5-11-20)26(31)27-22-12-6-2-7-13-22/h1-15,21,24H,16-19H2,(H,27,31)(H,28,30). The molecule has 1 atom stereocenters. The molecule has 0 saturated carbocycles. The van der Waals surface area contributed by atoms with Gasteiger partial charge in [-0.15, -0.1) is 0 Å². The van der Waals surface area contributed by atoms with Crippen molar-refractivity contribution in [1.82, 2.24) is 9.62 Å². The molecule has 7 nitrogen and oxygen atoms in total. The first-order valence-electron chi connectivity index (χ1n) is 11.2. The van der Waals surface area contributed by atoms with Gasteiger partial charge in [-0.25, -0.2) is 8.42 Å². The fourth-order valence-electron chi connectivity index (χ4n) is 4.04. The number of para-hydroxylation sites is 1. The smallest absolute Gasteiger partial charge is 0.251 e. The van der Waals surface area contributed by atoms with Crippen molar-refractivity contribution in [3.8, 4) is 0 Å². The number of nitrogens with one attached hydrogen (secondary N) is 2. The number of hydrogen-bond acceptors (Lipinski definition) is 4. The predicted octanol–water partition coefficient (Wildman–Crippen LogP) is 3.58. The number of carbonyl (C=O) groups excluding carboxylic acids is 2. The van der Waals surface area contributed by atoms with E-state index in [0.29, 0.717) is 24.1 Å². The van der Waals surface area contributed by atoms with Crippen LogP contribution in [-0.2, 0) is 19.6 Å². The summed E-state index contributed by atoms with van der Waals surface area (Å²) < 4.78 is 27.1. The number of nitrogens with zero attached hydrogens (tertiary/aromatic N) is 1. The highest BCUT2D eigenvalue weighted by Gasteiger charge is 2.33. The van der Waals surface area contributed by atoms with Crippen molar-refractivity contribution in [3.63, 3.8) is 0 Å². The van der Waals surface area contributed by atoms with Crippen LogP contribution in [0.5, 0.6) is 0 Å². The van der Waals surface area contributed by atoms with Crippen LogP contribution in [0.3, 0.4) is 0 Å². The van der Waals surface area contributed by atoms with E-state index in [9.17, 15) is 18.0 Å². The maximum Gasteiger partial charge on any atom is 0.251 e. The topological polar surface area (TPSA) is 95.6 Å². The van der Waals surface area contributed by atoms with E-state index in [-0.39, 0.29) is 35.7 Å². The lowest BCUT2D eigenvalue weighted by Gasteiger charge is -2.31. The molecule has 4 rings (SSSR count). The van der Waals surface area contributed by atoms with Gasteiger partial charge in [0, 0.05) is 24.7 Å². The monoisotopic (exact) mass is 477 g/mol. The molecule has 2 N–H and O–H groups in total. The highest BCUT2D eigenvalue weighted by Crippen LogP contribution is 2.25. The Labute approximate surface area is 199 Å². The number of anilines is 1. The van der Waals surface area contributed by atoms with E-state index in [0.717, 1.165) is 0 Å². The second kappa shape index (κ2) is 10.6. The highest BCUT2D eigenvalue weighted by molar-refractivity contribution is 7.89. The number of hydrogen-bond donors (Lipinski definition) is 2. The molecule has 2 amide bonds. The van der Waals surface area contributed by atoms with Gasteiger partial charge in [-0.3, -0.25) is 9.59 Å². The second-order valence-corrected chi connectivity index (χ2v) is 10.1. The van der Waals surface area contributed by atoms with Gasteiger partial charge in [0.2, 0.25) is 15.9 Å². The van der Waals surface area contributed by atoms with Crippen LogP contribution in [0.25, 0.3) is 0 Å². The van der Waals surface area contributed by atoms with Gasteiger partial charge in [0.25, 0.3) is 5.91 Å². The lowest BCUT2D eigenvalue weighted by molar-refractivity contribution is -0.130. The Morgan fingerprint density at radius 2 is 1.32 bits per heavy atom. The minimum atomic E-state index is -3.59. The molecule has 1 saturated heterocycles. The van der Waals surface area contributed by atoms with Gasteiger partial charge in [0.1, 0.15) is 6.04 Å². The number of rotatable bonds is 7. The van der Waals surface area contributed by atoms with E-state index >= 15 is 0 Å². The number of benzene rings is 3. The largest absolute Gasteiger partial charge is 0.340 e. The van der Waals surface area contributed by atoms with Gasteiger partial charge >= 0.3 is 0 Å². The van der Waals surface area contributed by atoms with Crippen molar-refractivity contribution in [2.45, 2.75) is 23.8 Å². The SMILES string of the molecule is O=C(NC(C(=O)Nc1ccccc1)c1ccccc1)C1CCN(S(=O)(=O)c2ccccc2)CC1. The van der Waals surface area contributed by atoms with Crippen molar-refractivity contribution < 1.29 is 18.0 Å². The van der Waals surface area contributed by atoms with E-state index in [2.05, 4.69) is 10.6 Å². The Morgan fingerprint density at radius 1 is 0.794 bits per heavy atom. The molecule has 1 fully saturated rings. The Bertz CT molecular complexity index is 1210. The maximum atomic E-state index is 13.1. The van der Waals surface area contributed by atoms with Crippen LogP contribution in [0, 0.1) is 5.92 Å². The summed E-state index contributed by atoms with van der Waals surface area (Å²) in [4.78, 5) is 26.4. The fraction of sp³-hybridized carbons (Fsp3) is 0.231. The molecule has 176 valence electrons. The lowest BCUT2D eigenvalue weighted by atomic mass is 9.96. The zero-order valence-corrected chi connectivity index (χ0v) is 19.4. The summed E-state index contributed by atoms with van der Waals surface area (Å²) in [6.07, 6.45) is 0.777. The summed E-state index contributed by atoms with van der Waals surface area (Å²) in [5, 5.41) is 5.74. The average Bonchev–Trinajstić information content (AvgIpc) is 2.88. The van der Waals surface area contributed by atoms with E-state index in [1.54, 1.807) is 54.6 Å². The van der Waals surface area contributed by atoms with Crippen LogP contribution in [0.1, 0.15) is 24.4 Å². The Balaban J connectivity index is 1.42. The lowest BCUT2D eigenvalue weighted by Crippen LogP contribution is -2.45. The molecule has 0 radical (unpaired) electrons. The van der Waals surface area contributed by atoms with Gasteiger partial charge in [0.05, 0.1) is 4.90 Å². The third kappa shape index (κ3) is 5.52. The molecule has 1 aliphatic rings. The third-order valence-electron chi connectivity index (χ3n) is 5.93. The Morgan fingerprint density at radius 3 is 1.91 bits per heavy atom. The van der Waals surface area contributed by atoms with E-state index in [1.165, 1.54) is 4.31 Å². The van der Waals surface area contributed by atoms with Crippen molar-refractivity contribution in [2.24, 2.45) is 5.92 Å². The molecule has 1 heterocycles. The van der Waals surface area contributed by atoms with Gasteiger partial charge < -0.3 is 10.6 Å². The molecule has 1 aliphatic heterocycles. The molecular weight excluding hydrogens is 450 g/mol. The summed E-state index contributed by atoms with van der Waals surface area (Å²) in [5.74, 6) is -0.971. The van der Waals surface area contributed by atoms with Crippen molar-refractivity contribution in [1.29, 1.82) is 0 Å². The van der Waals surface area contributed by atoms with Crippen molar-refractivity contribution >= 4 is 27.5 Å². The fourth-order valence-corrected chi connectivity index (χ4v) is 5.53. The molecule has 8 heteroatoms. The third-order valence-corrected chi connectivity index (χ3v) is 7.84. The van der Waals surface area contributed by atoms with Crippen LogP contribution in [-0.4, -0.2) is 37.6 Å². The van der Waals surface area contributed by atoms with Crippen LogP contribution < -0.4 is 10.6 Å². The number of amides is 2.